The molecule has 6 rings (SSSR count). The summed E-state index contributed by atoms with van der Waals surface area (Å²) < 4.78 is 28.5. The average molecular weight is 533 g/mol. The number of fused-ring (bicyclic) bond motifs is 1. The Bertz CT molecular complexity index is 1570. The van der Waals surface area contributed by atoms with Crippen LogP contribution < -0.4 is 20.1 Å². The van der Waals surface area contributed by atoms with Crippen LogP contribution >= 0.6 is 11.8 Å². The molecule has 0 radical (unpaired) electrons. The minimum absolute atomic E-state index is 0.119. The van der Waals surface area contributed by atoms with Crippen molar-refractivity contribution in [3.05, 3.63) is 67.0 Å². The molecule has 3 aromatic heterocycles. The topological polar surface area (TPSA) is 114 Å². The summed E-state index contributed by atoms with van der Waals surface area (Å²) in [4.78, 5) is 10.8. The molecule has 0 bridgehead atoms. The normalized spacial score (nSPS) is 13.6. The molecule has 194 valence electrons. The molecule has 0 aliphatic carbocycles. The van der Waals surface area contributed by atoms with Gasteiger partial charge >= 0.3 is 0 Å². The molecule has 1 fully saturated rings. The lowest BCUT2D eigenvalue weighted by Gasteiger charge is -2.27. The SMILES string of the molecule is CC(C)Oc1c(-c2cn[nH]c2)ncn2nc(Nc3ccc(Sc4cccc(OC5CNC5)c4)cc3F)nc12. The second kappa shape index (κ2) is 10.3. The van der Waals surface area contributed by atoms with Crippen molar-refractivity contribution in [3.63, 3.8) is 0 Å². The fraction of sp³-hybridized carbons (Fsp3) is 0.231. The summed E-state index contributed by atoms with van der Waals surface area (Å²) in [6, 6.07) is 12.8. The Hall–Kier alpha value is -4.16. The second-order valence-corrected chi connectivity index (χ2v) is 10.2. The van der Waals surface area contributed by atoms with E-state index < -0.39 is 5.82 Å². The molecule has 0 spiro atoms. The van der Waals surface area contributed by atoms with Gasteiger partial charge in [0.1, 0.15) is 29.7 Å². The number of benzene rings is 2. The molecule has 4 heterocycles. The van der Waals surface area contributed by atoms with Crippen molar-refractivity contribution in [3.8, 4) is 22.8 Å². The molecule has 1 saturated heterocycles. The largest absolute Gasteiger partial charge is 0.488 e. The van der Waals surface area contributed by atoms with Gasteiger partial charge in [0.15, 0.2) is 5.75 Å². The molecule has 0 saturated carbocycles. The molecule has 10 nitrogen and oxygen atoms in total. The standard InChI is InChI=1S/C26H25FN8O2S/c1-15(2)36-24-23(16-10-30-31-11-16)29-14-35-25(24)33-26(34-35)32-22-7-6-20(9-21(22)27)38-19-5-3-4-17(8-19)37-18-12-28-13-18/h3-11,14-15,18,28H,12-13H2,1-2H3,(H,30,31)(H,32,34). The Labute approximate surface area is 222 Å². The zero-order valence-corrected chi connectivity index (χ0v) is 21.5. The molecule has 0 atom stereocenters. The van der Waals surface area contributed by atoms with Crippen LogP contribution in [-0.2, 0) is 0 Å². The highest BCUT2D eigenvalue weighted by atomic mass is 32.2. The van der Waals surface area contributed by atoms with Crippen molar-refractivity contribution < 1.29 is 13.9 Å². The minimum atomic E-state index is -0.419. The van der Waals surface area contributed by atoms with E-state index in [-0.39, 0.29) is 23.8 Å². The number of anilines is 2. The van der Waals surface area contributed by atoms with Gasteiger partial charge in [-0.15, -0.1) is 5.10 Å². The van der Waals surface area contributed by atoms with E-state index in [2.05, 4.69) is 35.9 Å². The van der Waals surface area contributed by atoms with Crippen LogP contribution in [0, 0.1) is 5.82 Å². The second-order valence-electron chi connectivity index (χ2n) is 9.02. The van der Waals surface area contributed by atoms with Crippen molar-refractivity contribution in [2.75, 3.05) is 18.4 Å². The predicted molar refractivity (Wildman–Crippen MR) is 142 cm³/mol. The van der Waals surface area contributed by atoms with Gasteiger partial charge in [0.25, 0.3) is 0 Å². The lowest BCUT2D eigenvalue weighted by atomic mass is 10.2. The zero-order valence-electron chi connectivity index (χ0n) is 20.7. The van der Waals surface area contributed by atoms with Gasteiger partial charge in [0.2, 0.25) is 11.6 Å². The van der Waals surface area contributed by atoms with Gasteiger partial charge in [-0.1, -0.05) is 17.8 Å². The number of aromatic nitrogens is 6. The maximum atomic E-state index is 15.1. The first-order valence-corrected chi connectivity index (χ1v) is 13.0. The fourth-order valence-corrected chi connectivity index (χ4v) is 4.78. The van der Waals surface area contributed by atoms with Gasteiger partial charge < -0.3 is 20.1 Å². The summed E-state index contributed by atoms with van der Waals surface area (Å²) in [5.41, 5.74) is 2.07. The van der Waals surface area contributed by atoms with Crippen molar-refractivity contribution in [2.24, 2.45) is 0 Å². The number of halogens is 1. The summed E-state index contributed by atoms with van der Waals surface area (Å²) in [7, 11) is 0. The zero-order chi connectivity index (χ0) is 26.1. The lowest BCUT2D eigenvalue weighted by molar-refractivity contribution is 0.142. The van der Waals surface area contributed by atoms with Gasteiger partial charge in [-0.2, -0.15) is 14.6 Å². The van der Waals surface area contributed by atoms with Gasteiger partial charge in [0.05, 0.1) is 18.0 Å². The lowest BCUT2D eigenvalue weighted by Crippen LogP contribution is -2.50. The summed E-state index contributed by atoms with van der Waals surface area (Å²) in [5, 5.41) is 17.4. The van der Waals surface area contributed by atoms with Crippen molar-refractivity contribution in [2.45, 2.75) is 35.8 Å². The van der Waals surface area contributed by atoms with E-state index in [0.717, 1.165) is 34.2 Å². The van der Waals surface area contributed by atoms with Crippen LogP contribution in [0.15, 0.2) is 71.0 Å². The van der Waals surface area contributed by atoms with E-state index in [9.17, 15) is 0 Å². The Morgan fingerprint density at radius 2 is 2.03 bits per heavy atom. The Morgan fingerprint density at radius 1 is 1.16 bits per heavy atom. The number of ether oxygens (including phenoxy) is 2. The third kappa shape index (κ3) is 5.13. The Kier molecular flexibility index (Phi) is 6.56. The quantitative estimate of drug-likeness (QED) is 0.249. The number of aromatic amines is 1. The van der Waals surface area contributed by atoms with Crippen LogP contribution in [0.25, 0.3) is 16.9 Å². The molecule has 0 unspecified atom stereocenters. The van der Waals surface area contributed by atoms with Crippen LogP contribution in [0.5, 0.6) is 11.5 Å². The molecule has 12 heteroatoms. The van der Waals surface area contributed by atoms with E-state index in [1.165, 1.54) is 22.3 Å². The van der Waals surface area contributed by atoms with Crippen molar-refractivity contribution >= 4 is 29.0 Å². The third-order valence-electron chi connectivity index (χ3n) is 5.75. The monoisotopic (exact) mass is 532 g/mol. The molecule has 5 aromatic rings. The van der Waals surface area contributed by atoms with Crippen LogP contribution in [0.1, 0.15) is 13.8 Å². The molecule has 38 heavy (non-hydrogen) atoms. The highest BCUT2D eigenvalue weighted by molar-refractivity contribution is 7.99. The number of hydrogen-bond acceptors (Lipinski definition) is 9. The summed E-state index contributed by atoms with van der Waals surface area (Å²) in [6.45, 7) is 5.54. The predicted octanol–water partition coefficient (Wildman–Crippen LogP) is 4.69. The molecule has 1 aliphatic heterocycles. The van der Waals surface area contributed by atoms with Crippen molar-refractivity contribution in [1.29, 1.82) is 0 Å². The van der Waals surface area contributed by atoms with Gasteiger partial charge in [0, 0.05) is 34.6 Å². The van der Waals surface area contributed by atoms with Crippen molar-refractivity contribution in [1.82, 2.24) is 35.1 Å². The molecule has 3 N–H and O–H groups in total. The molecule has 2 aromatic carbocycles. The molecule has 0 amide bonds. The van der Waals surface area contributed by atoms with E-state index in [1.54, 1.807) is 24.8 Å². The maximum Gasteiger partial charge on any atom is 0.247 e. The fourth-order valence-electron chi connectivity index (χ4n) is 3.88. The Balaban J connectivity index is 1.22. The number of nitrogens with one attached hydrogen (secondary N) is 3. The van der Waals surface area contributed by atoms with E-state index in [4.69, 9.17) is 9.47 Å². The summed E-state index contributed by atoms with van der Waals surface area (Å²) >= 11 is 1.46. The van der Waals surface area contributed by atoms with E-state index in [1.807, 2.05) is 44.2 Å². The summed E-state index contributed by atoms with van der Waals surface area (Å²) in [5.74, 6) is 1.08. The van der Waals surface area contributed by atoms with Crippen LogP contribution in [-0.4, -0.2) is 55.1 Å². The van der Waals surface area contributed by atoms with E-state index >= 15 is 4.39 Å². The number of H-pyrrole nitrogens is 1. The molecule has 1 aliphatic rings. The first-order chi connectivity index (χ1) is 18.5. The number of hydrogen-bond donors (Lipinski definition) is 3. The average Bonchev–Trinajstić information content (AvgIpc) is 3.54. The third-order valence-corrected chi connectivity index (χ3v) is 6.73. The van der Waals surface area contributed by atoms with Gasteiger partial charge in [-0.05, 0) is 50.2 Å². The highest BCUT2D eigenvalue weighted by Crippen LogP contribution is 2.34. The highest BCUT2D eigenvalue weighted by Gasteiger charge is 2.20. The molecular formula is C26H25FN8O2S. The van der Waals surface area contributed by atoms with Crippen LogP contribution in [0.4, 0.5) is 16.0 Å². The number of nitrogens with zero attached hydrogens (tertiary/aromatic N) is 5. The van der Waals surface area contributed by atoms with Gasteiger partial charge in [-0.3, -0.25) is 5.10 Å². The van der Waals surface area contributed by atoms with Crippen LogP contribution in [0.2, 0.25) is 0 Å². The van der Waals surface area contributed by atoms with E-state index in [0.29, 0.717) is 17.1 Å². The first-order valence-electron chi connectivity index (χ1n) is 12.1. The van der Waals surface area contributed by atoms with Gasteiger partial charge in [-0.25, -0.2) is 9.37 Å². The Morgan fingerprint density at radius 3 is 2.76 bits per heavy atom. The molecular weight excluding hydrogens is 507 g/mol. The minimum Gasteiger partial charge on any atom is -0.488 e. The maximum absolute atomic E-state index is 15.1. The first kappa shape index (κ1) is 24.2. The van der Waals surface area contributed by atoms with Crippen LogP contribution in [0.3, 0.4) is 0 Å². The smallest absolute Gasteiger partial charge is 0.247 e. The summed E-state index contributed by atoms with van der Waals surface area (Å²) in [6.07, 6.45) is 5.01. The number of rotatable bonds is 9.